The molecule has 0 aliphatic heterocycles. The highest BCUT2D eigenvalue weighted by atomic mass is 35.5. The van der Waals surface area contributed by atoms with Gasteiger partial charge >= 0.3 is 0 Å². The number of rotatable bonds is 0. The van der Waals surface area contributed by atoms with Gasteiger partial charge in [0.15, 0.2) is 0 Å². The number of nitrogens with zero attached hydrogens (tertiary/aromatic N) is 1. The Morgan fingerprint density at radius 2 is 2.36 bits per heavy atom. The van der Waals surface area contributed by atoms with Crippen molar-refractivity contribution in [1.82, 2.24) is 4.98 Å². The summed E-state index contributed by atoms with van der Waals surface area (Å²) in [6.45, 7) is 2.06. The van der Waals surface area contributed by atoms with Crippen molar-refractivity contribution >= 4 is 33.2 Å². The number of hydrogen-bond donors (Lipinski definition) is 0. The van der Waals surface area contributed by atoms with E-state index < -0.39 is 0 Å². The highest BCUT2D eigenvalue weighted by Crippen LogP contribution is 2.28. The maximum atomic E-state index is 5.94. The molecule has 0 saturated heterocycles. The molecule has 0 atom stereocenters. The first kappa shape index (κ1) is 7.07. The second-order valence-electron chi connectivity index (χ2n) is 2.37. The van der Waals surface area contributed by atoms with Crippen molar-refractivity contribution < 1.29 is 0 Å². The third-order valence-electron chi connectivity index (χ3n) is 1.51. The first-order chi connectivity index (χ1) is 5.27. The molecule has 0 aromatic carbocycles. The first-order valence-corrected chi connectivity index (χ1v) is 4.47. The number of aryl methyl sites for hydroxylation is 1. The highest BCUT2D eigenvalue weighted by Gasteiger charge is 2.01. The summed E-state index contributed by atoms with van der Waals surface area (Å²) in [5.41, 5.74) is 0. The molecule has 0 unspecified atom stereocenters. The third kappa shape index (κ3) is 1.12. The molecule has 1 nitrogen and oxygen atoms in total. The molecule has 3 heteroatoms. The lowest BCUT2D eigenvalue weighted by atomic mass is 10.3. The van der Waals surface area contributed by atoms with Crippen molar-refractivity contribution in [2.75, 3.05) is 0 Å². The van der Waals surface area contributed by atoms with E-state index in [0.717, 1.165) is 15.2 Å². The van der Waals surface area contributed by atoms with Gasteiger partial charge in [0.2, 0.25) is 0 Å². The van der Waals surface area contributed by atoms with E-state index in [1.54, 1.807) is 17.5 Å². The number of hydrogen-bond acceptors (Lipinski definition) is 2. The third-order valence-corrected chi connectivity index (χ3v) is 2.79. The lowest BCUT2D eigenvalue weighted by molar-refractivity contribution is 1.45. The van der Waals surface area contributed by atoms with Crippen LogP contribution in [-0.4, -0.2) is 4.98 Å². The molecule has 0 aliphatic rings. The quantitative estimate of drug-likeness (QED) is 0.611. The van der Waals surface area contributed by atoms with Gasteiger partial charge in [-0.3, -0.25) is 0 Å². The number of aromatic nitrogens is 1. The Labute approximate surface area is 73.6 Å². The van der Waals surface area contributed by atoms with Crippen LogP contribution in [0.4, 0.5) is 0 Å². The minimum absolute atomic E-state index is 0.791. The molecule has 0 saturated carbocycles. The molecule has 2 aromatic rings. The van der Waals surface area contributed by atoms with Gasteiger partial charge in [0.1, 0.15) is 4.83 Å². The van der Waals surface area contributed by atoms with Crippen LogP contribution in [0.25, 0.3) is 10.2 Å². The monoisotopic (exact) mass is 183 g/mol. The Bertz CT molecular complexity index is 394. The number of fused-ring (bicyclic) bond motifs is 1. The zero-order valence-electron chi connectivity index (χ0n) is 5.97. The predicted molar refractivity (Wildman–Crippen MR) is 49.4 cm³/mol. The van der Waals surface area contributed by atoms with E-state index in [9.17, 15) is 0 Å². The SMILES string of the molecule is Cc1cc2c(Cl)ccnc2s1. The summed E-state index contributed by atoms with van der Waals surface area (Å²) < 4.78 is 0. The number of thiophene rings is 1. The van der Waals surface area contributed by atoms with Gasteiger partial charge in [-0.15, -0.1) is 11.3 Å². The largest absolute Gasteiger partial charge is 0.245 e. The molecule has 2 heterocycles. The summed E-state index contributed by atoms with van der Waals surface area (Å²) >= 11 is 7.61. The van der Waals surface area contributed by atoms with Gasteiger partial charge in [0, 0.05) is 16.5 Å². The summed E-state index contributed by atoms with van der Waals surface area (Å²) in [5, 5.41) is 1.86. The zero-order valence-corrected chi connectivity index (χ0v) is 7.54. The Hall–Kier alpha value is -0.600. The average molecular weight is 184 g/mol. The van der Waals surface area contributed by atoms with Crippen LogP contribution < -0.4 is 0 Å². The summed E-state index contributed by atoms with van der Waals surface area (Å²) in [4.78, 5) is 6.47. The average Bonchev–Trinajstić information content (AvgIpc) is 2.31. The minimum atomic E-state index is 0.791. The van der Waals surface area contributed by atoms with Crippen LogP contribution in [0.3, 0.4) is 0 Å². The molecule has 0 fully saturated rings. The Morgan fingerprint density at radius 3 is 3.09 bits per heavy atom. The highest BCUT2D eigenvalue weighted by molar-refractivity contribution is 7.18. The lowest BCUT2D eigenvalue weighted by Crippen LogP contribution is -1.69. The Morgan fingerprint density at radius 1 is 1.55 bits per heavy atom. The summed E-state index contributed by atoms with van der Waals surface area (Å²) in [7, 11) is 0. The minimum Gasteiger partial charge on any atom is -0.245 e. The van der Waals surface area contributed by atoms with Crippen molar-refractivity contribution in [3.8, 4) is 0 Å². The van der Waals surface area contributed by atoms with Crippen molar-refractivity contribution in [3.05, 3.63) is 28.2 Å². The fourth-order valence-electron chi connectivity index (χ4n) is 1.03. The van der Waals surface area contributed by atoms with Crippen molar-refractivity contribution in [2.45, 2.75) is 6.92 Å². The molecular weight excluding hydrogens is 178 g/mol. The van der Waals surface area contributed by atoms with Crippen molar-refractivity contribution in [3.63, 3.8) is 0 Å². The summed E-state index contributed by atoms with van der Waals surface area (Å²) in [5.74, 6) is 0. The molecule has 2 aromatic heterocycles. The topological polar surface area (TPSA) is 12.9 Å². The molecule has 0 radical (unpaired) electrons. The number of pyridine rings is 1. The van der Waals surface area contributed by atoms with Crippen LogP contribution in [-0.2, 0) is 0 Å². The maximum absolute atomic E-state index is 5.94. The Kier molecular flexibility index (Phi) is 1.59. The van der Waals surface area contributed by atoms with Crippen LogP contribution >= 0.6 is 22.9 Å². The van der Waals surface area contributed by atoms with E-state index in [4.69, 9.17) is 11.6 Å². The van der Waals surface area contributed by atoms with E-state index in [1.807, 2.05) is 6.07 Å². The molecule has 0 spiro atoms. The summed E-state index contributed by atoms with van der Waals surface area (Å²) in [6.07, 6.45) is 1.74. The molecule has 0 aliphatic carbocycles. The maximum Gasteiger partial charge on any atom is 0.124 e. The molecule has 0 N–H and O–H groups in total. The van der Waals surface area contributed by atoms with Gasteiger partial charge < -0.3 is 0 Å². The molecular formula is C8H6ClNS. The fraction of sp³-hybridized carbons (Fsp3) is 0.125. The van der Waals surface area contributed by atoms with Gasteiger partial charge in [-0.25, -0.2) is 4.98 Å². The van der Waals surface area contributed by atoms with E-state index in [1.165, 1.54) is 4.88 Å². The molecule has 0 bridgehead atoms. The second-order valence-corrected chi connectivity index (χ2v) is 4.01. The number of halogens is 1. The standard InChI is InChI=1S/C8H6ClNS/c1-5-4-6-7(9)2-3-10-8(6)11-5/h2-4H,1H3. The van der Waals surface area contributed by atoms with Crippen LogP contribution in [0.1, 0.15) is 4.88 Å². The smallest absolute Gasteiger partial charge is 0.124 e. The van der Waals surface area contributed by atoms with Gasteiger partial charge in [0.25, 0.3) is 0 Å². The van der Waals surface area contributed by atoms with Gasteiger partial charge in [0.05, 0.1) is 5.02 Å². The fourth-order valence-corrected chi connectivity index (χ4v) is 2.16. The molecule has 2 rings (SSSR count). The molecule has 56 valence electrons. The zero-order chi connectivity index (χ0) is 7.84. The van der Waals surface area contributed by atoms with Crippen LogP contribution in [0, 0.1) is 6.92 Å². The first-order valence-electron chi connectivity index (χ1n) is 3.28. The molecule has 11 heavy (non-hydrogen) atoms. The van der Waals surface area contributed by atoms with E-state index >= 15 is 0 Å². The lowest BCUT2D eigenvalue weighted by Gasteiger charge is -1.88. The van der Waals surface area contributed by atoms with Crippen LogP contribution in [0.2, 0.25) is 5.02 Å². The predicted octanol–water partition coefficient (Wildman–Crippen LogP) is 3.26. The second kappa shape index (κ2) is 2.47. The van der Waals surface area contributed by atoms with Crippen LogP contribution in [0.5, 0.6) is 0 Å². The van der Waals surface area contributed by atoms with Gasteiger partial charge in [-0.05, 0) is 19.1 Å². The van der Waals surface area contributed by atoms with Gasteiger partial charge in [-0.2, -0.15) is 0 Å². The van der Waals surface area contributed by atoms with Crippen LogP contribution in [0.15, 0.2) is 18.3 Å². The Balaban J connectivity index is 2.90. The van der Waals surface area contributed by atoms with E-state index in [2.05, 4.69) is 18.0 Å². The molecule has 0 amide bonds. The normalized spacial score (nSPS) is 10.7. The van der Waals surface area contributed by atoms with Gasteiger partial charge in [-0.1, -0.05) is 11.6 Å². The van der Waals surface area contributed by atoms with Crippen molar-refractivity contribution in [2.24, 2.45) is 0 Å². The van der Waals surface area contributed by atoms with Crippen molar-refractivity contribution in [1.29, 1.82) is 0 Å². The van der Waals surface area contributed by atoms with E-state index in [0.29, 0.717) is 0 Å². The summed E-state index contributed by atoms with van der Waals surface area (Å²) in [6, 6.07) is 3.88. The van der Waals surface area contributed by atoms with E-state index in [-0.39, 0.29) is 0 Å².